The molecule has 3 aromatic rings. The number of morpholine rings is 1. The van der Waals surface area contributed by atoms with Crippen molar-refractivity contribution in [2.75, 3.05) is 23.3 Å². The minimum atomic E-state index is -2.60. The fourth-order valence-electron chi connectivity index (χ4n) is 4.23. The molecule has 2 aliphatic rings. The molecule has 1 aliphatic carbocycles. The van der Waals surface area contributed by atoms with Crippen LogP contribution in [0.1, 0.15) is 26.7 Å². The van der Waals surface area contributed by atoms with E-state index in [2.05, 4.69) is 35.4 Å². The summed E-state index contributed by atoms with van der Waals surface area (Å²) in [5.74, 6) is -1.26. The maximum Gasteiger partial charge on any atom is 0.252 e. The highest BCUT2D eigenvalue weighted by molar-refractivity contribution is 6.00. The van der Waals surface area contributed by atoms with Gasteiger partial charge in [-0.05, 0) is 19.9 Å². The van der Waals surface area contributed by atoms with Gasteiger partial charge in [-0.1, -0.05) is 0 Å². The van der Waals surface area contributed by atoms with Crippen LogP contribution < -0.4 is 10.2 Å². The average molecular weight is 415 g/mol. The van der Waals surface area contributed by atoms with E-state index in [-0.39, 0.29) is 31.1 Å². The second-order valence-electron chi connectivity index (χ2n) is 8.18. The number of pyridine rings is 1. The summed E-state index contributed by atoms with van der Waals surface area (Å²) in [7, 11) is 0. The Hall–Kier alpha value is -2.88. The largest absolute Gasteiger partial charge is 0.372 e. The Bertz CT molecular complexity index is 1050. The lowest BCUT2D eigenvalue weighted by Gasteiger charge is -2.36. The van der Waals surface area contributed by atoms with Crippen molar-refractivity contribution >= 4 is 22.5 Å². The summed E-state index contributed by atoms with van der Waals surface area (Å²) >= 11 is 0. The molecule has 1 saturated heterocycles. The van der Waals surface area contributed by atoms with E-state index in [1.54, 1.807) is 12.3 Å². The maximum atomic E-state index is 13.3. The highest BCUT2D eigenvalue weighted by Gasteiger charge is 2.45. The lowest BCUT2D eigenvalue weighted by molar-refractivity contribution is -0.0793. The molecular weight excluding hydrogens is 392 g/mol. The number of H-pyrrole nitrogens is 1. The summed E-state index contributed by atoms with van der Waals surface area (Å²) in [5, 5.41) is 11.3. The van der Waals surface area contributed by atoms with E-state index in [0.717, 1.165) is 29.8 Å². The monoisotopic (exact) mass is 415 g/mol. The molecular formula is C20H23F2N7O. The van der Waals surface area contributed by atoms with Crippen LogP contribution in [0.2, 0.25) is 0 Å². The van der Waals surface area contributed by atoms with Crippen molar-refractivity contribution in [2.24, 2.45) is 0 Å². The molecule has 0 spiro atoms. The summed E-state index contributed by atoms with van der Waals surface area (Å²) in [6.45, 7) is 5.57. The van der Waals surface area contributed by atoms with Crippen molar-refractivity contribution in [1.29, 1.82) is 0 Å². The molecule has 1 saturated carbocycles. The Balaban J connectivity index is 1.48. The van der Waals surface area contributed by atoms with Crippen molar-refractivity contribution in [3.63, 3.8) is 0 Å². The fourth-order valence-corrected chi connectivity index (χ4v) is 4.23. The number of anilines is 2. The van der Waals surface area contributed by atoms with Crippen LogP contribution in [0.3, 0.4) is 0 Å². The molecule has 158 valence electrons. The molecule has 2 N–H and O–H groups in total. The van der Waals surface area contributed by atoms with Crippen molar-refractivity contribution in [1.82, 2.24) is 25.1 Å². The topological polar surface area (TPSA) is 91.9 Å². The van der Waals surface area contributed by atoms with Gasteiger partial charge in [0.1, 0.15) is 23.7 Å². The van der Waals surface area contributed by atoms with Gasteiger partial charge >= 0.3 is 0 Å². The normalized spacial score (nSPS) is 24.1. The highest BCUT2D eigenvalue weighted by atomic mass is 19.3. The molecule has 30 heavy (non-hydrogen) atoms. The number of halogens is 2. The number of ether oxygens (including phenoxy) is 1. The van der Waals surface area contributed by atoms with Crippen LogP contribution in [0.5, 0.6) is 0 Å². The Morgan fingerprint density at radius 1 is 1.17 bits per heavy atom. The zero-order valence-electron chi connectivity index (χ0n) is 16.8. The van der Waals surface area contributed by atoms with E-state index in [9.17, 15) is 8.78 Å². The van der Waals surface area contributed by atoms with Crippen molar-refractivity contribution in [3.05, 3.63) is 24.7 Å². The highest BCUT2D eigenvalue weighted by Crippen LogP contribution is 2.40. The van der Waals surface area contributed by atoms with E-state index in [1.807, 2.05) is 19.9 Å². The SMILES string of the molecule is C[C@@H]1CN(c2cc(-c3n[nH]c4ccnc(NC5CC(F)(F)C5)c34)ncn2)C[C@H](C)O1. The van der Waals surface area contributed by atoms with Gasteiger partial charge in [-0.25, -0.2) is 23.7 Å². The van der Waals surface area contributed by atoms with Crippen LogP contribution in [0, 0.1) is 0 Å². The lowest BCUT2D eigenvalue weighted by atomic mass is 9.88. The average Bonchev–Trinajstić information content (AvgIpc) is 3.11. The second kappa shape index (κ2) is 7.12. The summed E-state index contributed by atoms with van der Waals surface area (Å²) in [6, 6.07) is 3.40. The van der Waals surface area contributed by atoms with E-state index >= 15 is 0 Å². The molecule has 5 rings (SSSR count). The lowest BCUT2D eigenvalue weighted by Crippen LogP contribution is -2.45. The third kappa shape index (κ3) is 3.55. The molecule has 1 aliphatic heterocycles. The zero-order valence-corrected chi connectivity index (χ0v) is 16.8. The Labute approximate surface area is 172 Å². The molecule has 2 fully saturated rings. The molecule has 10 heteroatoms. The minimum absolute atomic E-state index is 0.110. The third-order valence-corrected chi connectivity index (χ3v) is 5.55. The van der Waals surface area contributed by atoms with Gasteiger partial charge in [-0.3, -0.25) is 5.10 Å². The van der Waals surface area contributed by atoms with Gasteiger partial charge in [-0.15, -0.1) is 0 Å². The molecule has 8 nitrogen and oxygen atoms in total. The van der Waals surface area contributed by atoms with Crippen LogP contribution in [0.4, 0.5) is 20.4 Å². The number of nitrogens with one attached hydrogen (secondary N) is 2. The number of aromatic amines is 1. The van der Waals surface area contributed by atoms with Crippen LogP contribution in [0.15, 0.2) is 24.7 Å². The van der Waals surface area contributed by atoms with Crippen LogP contribution in [-0.2, 0) is 4.74 Å². The number of aromatic nitrogens is 5. The first-order chi connectivity index (χ1) is 14.4. The van der Waals surface area contributed by atoms with Gasteiger partial charge in [0.2, 0.25) is 0 Å². The summed E-state index contributed by atoms with van der Waals surface area (Å²) in [4.78, 5) is 15.4. The van der Waals surface area contributed by atoms with E-state index in [0.29, 0.717) is 17.2 Å². The van der Waals surface area contributed by atoms with Gasteiger partial charge in [0.05, 0.1) is 28.8 Å². The molecule has 0 radical (unpaired) electrons. The van der Waals surface area contributed by atoms with Gasteiger partial charge < -0.3 is 15.0 Å². The molecule has 0 amide bonds. The molecule has 0 bridgehead atoms. The molecule has 0 aromatic carbocycles. The van der Waals surface area contributed by atoms with E-state index < -0.39 is 5.92 Å². The van der Waals surface area contributed by atoms with Crippen LogP contribution in [0.25, 0.3) is 22.3 Å². The zero-order chi connectivity index (χ0) is 20.9. The summed E-state index contributed by atoms with van der Waals surface area (Å²) in [5.41, 5.74) is 2.03. The summed E-state index contributed by atoms with van der Waals surface area (Å²) < 4.78 is 32.3. The number of rotatable bonds is 4. The van der Waals surface area contributed by atoms with Crippen molar-refractivity contribution in [3.8, 4) is 11.4 Å². The number of hydrogen-bond donors (Lipinski definition) is 2. The molecule has 4 heterocycles. The van der Waals surface area contributed by atoms with Crippen LogP contribution in [-0.4, -0.2) is 62.4 Å². The standard InChI is InChI=1S/C20H23F2N7O/c1-11-8-29(9-12(2)30-11)16-5-15(24-10-25-16)18-17-14(27-28-18)3-4-23-19(17)26-13-6-20(21,22)7-13/h3-5,10-13H,6-9H2,1-2H3,(H,23,26)(H,27,28)/t11-,12+. The van der Waals surface area contributed by atoms with Gasteiger partial charge in [0.25, 0.3) is 5.92 Å². The maximum absolute atomic E-state index is 13.3. The number of hydrogen-bond acceptors (Lipinski definition) is 7. The van der Waals surface area contributed by atoms with Gasteiger partial charge in [0.15, 0.2) is 0 Å². The fraction of sp³-hybridized carbons (Fsp3) is 0.500. The number of nitrogens with zero attached hydrogens (tertiary/aromatic N) is 5. The smallest absolute Gasteiger partial charge is 0.252 e. The van der Waals surface area contributed by atoms with Crippen molar-refractivity contribution in [2.45, 2.75) is 50.9 Å². The van der Waals surface area contributed by atoms with Crippen LogP contribution >= 0.6 is 0 Å². The molecule has 3 aromatic heterocycles. The Morgan fingerprint density at radius 3 is 2.67 bits per heavy atom. The Morgan fingerprint density at radius 2 is 1.93 bits per heavy atom. The summed E-state index contributed by atoms with van der Waals surface area (Å²) in [6.07, 6.45) is 2.99. The predicted octanol–water partition coefficient (Wildman–Crippen LogP) is 3.24. The number of fused-ring (bicyclic) bond motifs is 1. The predicted molar refractivity (Wildman–Crippen MR) is 109 cm³/mol. The second-order valence-corrected chi connectivity index (χ2v) is 8.18. The quantitative estimate of drug-likeness (QED) is 0.676. The van der Waals surface area contributed by atoms with Gasteiger partial charge in [-0.2, -0.15) is 5.10 Å². The van der Waals surface area contributed by atoms with Crippen molar-refractivity contribution < 1.29 is 13.5 Å². The molecule has 2 atom stereocenters. The Kier molecular flexibility index (Phi) is 4.53. The van der Waals surface area contributed by atoms with E-state index in [1.165, 1.54) is 6.33 Å². The molecule has 0 unspecified atom stereocenters. The van der Waals surface area contributed by atoms with Gasteiger partial charge in [0, 0.05) is 44.2 Å². The number of alkyl halides is 2. The first-order valence-corrected chi connectivity index (χ1v) is 10.1. The first-order valence-electron chi connectivity index (χ1n) is 10.1. The third-order valence-electron chi connectivity index (χ3n) is 5.55. The van der Waals surface area contributed by atoms with E-state index in [4.69, 9.17) is 4.74 Å². The first kappa shape index (κ1) is 19.1. The minimum Gasteiger partial charge on any atom is -0.372 e.